The van der Waals surface area contributed by atoms with Gasteiger partial charge in [-0.25, -0.2) is 0 Å². The summed E-state index contributed by atoms with van der Waals surface area (Å²) in [6.07, 6.45) is 9.60. The molecule has 0 radical (unpaired) electrons. The highest BCUT2D eigenvalue weighted by Crippen LogP contribution is 2.92. The minimum Gasteiger partial charge on any atom is -0.388 e. The third-order valence-electron chi connectivity index (χ3n) is 8.03. The molecule has 0 aromatic carbocycles. The van der Waals surface area contributed by atoms with Gasteiger partial charge in [-0.3, -0.25) is 0 Å². The lowest BCUT2D eigenvalue weighted by Gasteiger charge is -2.47. The molecule has 7 aliphatic rings. The molecule has 19 heavy (non-hydrogen) atoms. The molecule has 6 fully saturated rings. The maximum Gasteiger partial charge on any atom is 0.120 e. The van der Waals surface area contributed by atoms with E-state index in [1.54, 1.807) is 0 Å². The van der Waals surface area contributed by atoms with E-state index in [0.29, 0.717) is 23.7 Å². The Morgan fingerprint density at radius 3 is 2.84 bits per heavy atom. The minimum absolute atomic E-state index is 0.231. The normalized spacial score (nSPS) is 75.3. The van der Waals surface area contributed by atoms with E-state index in [9.17, 15) is 10.4 Å². The van der Waals surface area contributed by atoms with Gasteiger partial charge in [-0.1, -0.05) is 24.3 Å². The number of allylic oxidation sites excluding steroid dienone is 2. The fraction of sp³-hybridized carbons (Fsp3) is 0.688. The average Bonchev–Trinajstić information content (AvgIpc) is 3.02. The highest BCUT2D eigenvalue weighted by atomic mass is 16.3. The van der Waals surface area contributed by atoms with Crippen LogP contribution in [0.25, 0.3) is 0 Å². The van der Waals surface area contributed by atoms with E-state index in [2.05, 4.69) is 24.3 Å². The lowest BCUT2D eigenvalue weighted by molar-refractivity contribution is -0.102. The summed E-state index contributed by atoms with van der Waals surface area (Å²) in [5, 5.41) is 21.4. The third-order valence-corrected chi connectivity index (χ3v) is 8.03. The van der Waals surface area contributed by atoms with Gasteiger partial charge >= 0.3 is 0 Å². The molecular weight excluding hydrogens is 236 g/mol. The highest BCUT2D eigenvalue weighted by molar-refractivity contribution is 5.55. The van der Waals surface area contributed by atoms with Crippen LogP contribution < -0.4 is 5.73 Å². The second-order valence-electron chi connectivity index (χ2n) is 7.66. The van der Waals surface area contributed by atoms with Crippen LogP contribution in [0.2, 0.25) is 0 Å². The van der Waals surface area contributed by atoms with Gasteiger partial charge in [0.15, 0.2) is 0 Å². The number of nitriles is 1. The van der Waals surface area contributed by atoms with Gasteiger partial charge in [0.2, 0.25) is 0 Å². The van der Waals surface area contributed by atoms with Gasteiger partial charge in [0.25, 0.3) is 0 Å². The van der Waals surface area contributed by atoms with Crippen molar-refractivity contribution in [2.24, 2.45) is 52.6 Å². The second kappa shape index (κ2) is 2.21. The Morgan fingerprint density at radius 1 is 1.21 bits per heavy atom. The molecular formula is C16H16N2O. The zero-order valence-electron chi connectivity index (χ0n) is 10.5. The van der Waals surface area contributed by atoms with E-state index >= 15 is 0 Å². The Morgan fingerprint density at radius 2 is 2.05 bits per heavy atom. The number of aliphatic hydroxyl groups is 1. The van der Waals surface area contributed by atoms with Crippen LogP contribution in [-0.4, -0.2) is 16.2 Å². The van der Waals surface area contributed by atoms with E-state index in [1.165, 1.54) is 6.42 Å². The summed E-state index contributed by atoms with van der Waals surface area (Å²) in [6.45, 7) is 0. The molecule has 0 saturated heterocycles. The fourth-order valence-corrected chi connectivity index (χ4v) is 8.24. The van der Waals surface area contributed by atoms with Crippen LogP contribution in [0.15, 0.2) is 24.3 Å². The molecule has 0 aromatic heterocycles. The summed E-state index contributed by atoms with van der Waals surface area (Å²) in [4.78, 5) is 0. The molecule has 7 bridgehead atoms. The van der Waals surface area contributed by atoms with Crippen LogP contribution in [-0.2, 0) is 0 Å². The van der Waals surface area contributed by atoms with Crippen LogP contribution >= 0.6 is 0 Å². The minimum atomic E-state index is -0.845. The van der Waals surface area contributed by atoms with Gasteiger partial charge in [0.05, 0.1) is 17.1 Å². The molecule has 6 saturated carbocycles. The topological polar surface area (TPSA) is 70.0 Å². The van der Waals surface area contributed by atoms with Crippen molar-refractivity contribution in [2.45, 2.75) is 17.6 Å². The molecule has 0 aliphatic heterocycles. The summed E-state index contributed by atoms with van der Waals surface area (Å²) in [5.41, 5.74) is 4.61. The monoisotopic (exact) mass is 252 g/mol. The van der Waals surface area contributed by atoms with Crippen molar-refractivity contribution >= 4 is 0 Å². The molecule has 7 rings (SSSR count). The van der Waals surface area contributed by atoms with Crippen LogP contribution in [0.4, 0.5) is 0 Å². The summed E-state index contributed by atoms with van der Waals surface area (Å²) in [5.74, 6) is 2.98. The predicted molar refractivity (Wildman–Crippen MR) is 67.2 cm³/mol. The van der Waals surface area contributed by atoms with Crippen molar-refractivity contribution in [3.8, 4) is 6.07 Å². The maximum absolute atomic E-state index is 11.6. The Labute approximate surface area is 111 Å². The van der Waals surface area contributed by atoms with Gasteiger partial charge in [-0.15, -0.1) is 0 Å². The number of hydrogen-bond acceptors (Lipinski definition) is 3. The molecule has 7 aliphatic carbocycles. The van der Waals surface area contributed by atoms with Crippen LogP contribution in [0.3, 0.4) is 0 Å². The molecule has 0 unspecified atom stereocenters. The Bertz CT molecular complexity index is 648. The molecule has 0 heterocycles. The Balaban J connectivity index is 1.82. The van der Waals surface area contributed by atoms with E-state index in [4.69, 9.17) is 5.73 Å². The lowest BCUT2D eigenvalue weighted by atomic mass is 9.59. The Hall–Kier alpha value is -1.11. The standard InChI is InChI=1S/C16H16N2O/c17-6-15(18)12-8-5-7-10-9-3-1-2-4-14(15,11(8)10)16(9,19)13(7)12/h1-4,7-13,19H,5,18H2/t7-,8+,9+,10-,11-,12-,13+,14+,15-,16-/m1/s1. The van der Waals surface area contributed by atoms with E-state index in [0.717, 1.165) is 0 Å². The zero-order valence-corrected chi connectivity index (χ0v) is 10.5. The van der Waals surface area contributed by atoms with E-state index in [1.807, 2.05) is 6.08 Å². The number of hydrogen-bond donors (Lipinski definition) is 2. The first-order valence-corrected chi connectivity index (χ1v) is 7.41. The SMILES string of the molecule is N#C[C@@]1(N)[C@@H]2[C@H]3C[C@@H]4[C@H]5[C@@H]3[C@@]13C=CC=C[C@@H]5[C@@]3(O)[C@@H]42. The van der Waals surface area contributed by atoms with Crippen LogP contribution in [0.1, 0.15) is 6.42 Å². The molecule has 10 atom stereocenters. The maximum atomic E-state index is 11.6. The largest absolute Gasteiger partial charge is 0.388 e. The first kappa shape index (κ1) is 9.74. The quantitative estimate of drug-likeness (QED) is 0.670. The lowest BCUT2D eigenvalue weighted by Crippen LogP contribution is -2.59. The van der Waals surface area contributed by atoms with E-state index in [-0.39, 0.29) is 17.8 Å². The number of nitrogens with two attached hydrogens (primary N) is 1. The molecule has 3 nitrogen and oxygen atoms in total. The van der Waals surface area contributed by atoms with Gasteiger partial charge in [-0.05, 0) is 36.0 Å². The average molecular weight is 252 g/mol. The van der Waals surface area contributed by atoms with Crippen LogP contribution in [0.5, 0.6) is 0 Å². The van der Waals surface area contributed by atoms with Crippen molar-refractivity contribution < 1.29 is 5.11 Å². The first-order valence-electron chi connectivity index (χ1n) is 7.41. The van der Waals surface area contributed by atoms with Crippen molar-refractivity contribution in [2.75, 3.05) is 0 Å². The third kappa shape index (κ3) is 0.532. The summed E-state index contributed by atoms with van der Waals surface area (Å²) in [7, 11) is 0. The van der Waals surface area contributed by atoms with Gasteiger partial charge in [-0.2, -0.15) is 5.26 Å². The van der Waals surface area contributed by atoms with Crippen molar-refractivity contribution in [3.05, 3.63) is 24.3 Å². The molecule has 1 spiro atoms. The highest BCUT2D eigenvalue weighted by Gasteiger charge is 2.97. The Kier molecular flexibility index (Phi) is 1.13. The van der Waals surface area contributed by atoms with E-state index < -0.39 is 16.6 Å². The number of nitrogens with zero attached hydrogens (tertiary/aromatic N) is 1. The smallest absolute Gasteiger partial charge is 0.120 e. The first-order chi connectivity index (χ1) is 9.13. The molecule has 0 aromatic rings. The van der Waals surface area contributed by atoms with Crippen LogP contribution in [0, 0.1) is 58.2 Å². The van der Waals surface area contributed by atoms with Crippen molar-refractivity contribution in [3.63, 3.8) is 0 Å². The van der Waals surface area contributed by atoms with Gasteiger partial charge < -0.3 is 10.8 Å². The fourth-order valence-electron chi connectivity index (χ4n) is 8.24. The number of rotatable bonds is 0. The van der Waals surface area contributed by atoms with Crippen molar-refractivity contribution in [1.82, 2.24) is 0 Å². The molecule has 3 heteroatoms. The molecule has 96 valence electrons. The van der Waals surface area contributed by atoms with Gasteiger partial charge in [0, 0.05) is 11.8 Å². The zero-order chi connectivity index (χ0) is 12.8. The van der Waals surface area contributed by atoms with Crippen molar-refractivity contribution in [1.29, 1.82) is 5.26 Å². The molecule has 0 amide bonds. The molecule has 3 N–H and O–H groups in total. The summed E-state index contributed by atoms with van der Waals surface area (Å²) >= 11 is 0. The second-order valence-corrected chi connectivity index (χ2v) is 7.66. The predicted octanol–water partition coefficient (Wildman–Crippen LogP) is 0.822. The summed E-state index contributed by atoms with van der Waals surface area (Å²) in [6, 6.07) is 2.46. The summed E-state index contributed by atoms with van der Waals surface area (Å²) < 4.78 is 0. The van der Waals surface area contributed by atoms with Gasteiger partial charge in [0.1, 0.15) is 5.54 Å².